The molecule has 1 aromatic carbocycles. The molecule has 0 radical (unpaired) electrons. The van der Waals surface area contributed by atoms with Crippen molar-refractivity contribution in [1.82, 2.24) is 9.78 Å². The van der Waals surface area contributed by atoms with Crippen molar-refractivity contribution in [1.29, 1.82) is 0 Å². The second-order valence-corrected chi connectivity index (χ2v) is 7.00. The van der Waals surface area contributed by atoms with Gasteiger partial charge in [0.1, 0.15) is 5.82 Å². The van der Waals surface area contributed by atoms with Crippen LogP contribution in [0.1, 0.15) is 21.7 Å². The minimum Gasteiger partial charge on any atom is -0.478 e. The van der Waals surface area contributed by atoms with Gasteiger partial charge in [-0.15, -0.1) is 0 Å². The maximum Gasteiger partial charge on any atom is 0.338 e. The number of halogens is 1. The number of methoxy groups -OCH3 is 1. The molecule has 25 heavy (non-hydrogen) atoms. The van der Waals surface area contributed by atoms with Gasteiger partial charge in [0.2, 0.25) is 0 Å². The third-order valence-electron chi connectivity index (χ3n) is 3.61. The molecular weight excluding hydrogens is 353 g/mol. The summed E-state index contributed by atoms with van der Waals surface area (Å²) in [6, 6.07) is 2.62. The molecule has 0 aliphatic carbocycles. The first-order valence-electron chi connectivity index (χ1n) is 7.26. The van der Waals surface area contributed by atoms with Gasteiger partial charge in [-0.1, -0.05) is 0 Å². The van der Waals surface area contributed by atoms with E-state index in [1.807, 2.05) is 0 Å². The van der Waals surface area contributed by atoms with Gasteiger partial charge in [0.05, 0.1) is 40.7 Å². The summed E-state index contributed by atoms with van der Waals surface area (Å²) in [5, 5.41) is 13.1. The zero-order valence-corrected chi connectivity index (χ0v) is 14.7. The normalized spacial score (nSPS) is 11.5. The average Bonchev–Trinajstić information content (AvgIpc) is 2.79. The predicted octanol–water partition coefficient (Wildman–Crippen LogP) is 1.78. The highest BCUT2D eigenvalue weighted by Gasteiger charge is 2.22. The molecule has 0 saturated carbocycles. The van der Waals surface area contributed by atoms with Crippen LogP contribution in [-0.4, -0.2) is 43.0 Å². The summed E-state index contributed by atoms with van der Waals surface area (Å²) in [5.41, 5.74) is 0.734. The third-order valence-corrected chi connectivity index (χ3v) is 4.95. The highest BCUT2D eigenvalue weighted by molar-refractivity contribution is 7.92. The van der Waals surface area contributed by atoms with Crippen LogP contribution < -0.4 is 4.72 Å². The first kappa shape index (κ1) is 18.9. The fraction of sp³-hybridized carbons (Fsp3) is 0.333. The Labute approximate surface area is 144 Å². The number of hydrogen-bond acceptors (Lipinski definition) is 5. The first-order chi connectivity index (χ1) is 11.7. The molecule has 0 unspecified atom stereocenters. The molecule has 0 aliphatic rings. The van der Waals surface area contributed by atoms with Crippen molar-refractivity contribution in [2.24, 2.45) is 0 Å². The number of sulfonamides is 1. The number of ether oxygens (including phenoxy) is 1. The van der Waals surface area contributed by atoms with Crippen LogP contribution in [0.15, 0.2) is 23.1 Å². The minimum absolute atomic E-state index is 0.291. The molecule has 2 aromatic rings. The van der Waals surface area contributed by atoms with Gasteiger partial charge in [0, 0.05) is 7.11 Å². The molecule has 10 heteroatoms. The van der Waals surface area contributed by atoms with Crippen molar-refractivity contribution >= 4 is 21.7 Å². The van der Waals surface area contributed by atoms with Gasteiger partial charge in [-0.3, -0.25) is 9.40 Å². The lowest BCUT2D eigenvalue weighted by Gasteiger charge is -2.10. The van der Waals surface area contributed by atoms with E-state index in [1.165, 1.54) is 0 Å². The van der Waals surface area contributed by atoms with E-state index in [4.69, 9.17) is 9.84 Å². The SMILES string of the molecule is COCCn1nc(C)c(NS(=O)(=O)c2ccc(C(=O)O)c(F)c2)c1C. The van der Waals surface area contributed by atoms with Gasteiger partial charge in [-0.2, -0.15) is 5.10 Å². The second-order valence-electron chi connectivity index (χ2n) is 5.31. The molecule has 0 spiro atoms. The summed E-state index contributed by atoms with van der Waals surface area (Å²) < 4.78 is 47.7. The standard InChI is InChI=1S/C15H18FN3O5S/c1-9-14(10(2)19(17-9)6-7-24-3)18-25(22,23)11-4-5-12(15(20)21)13(16)8-11/h4-5,8,18H,6-7H2,1-3H3,(H,20,21). The molecule has 8 nitrogen and oxygen atoms in total. The van der Waals surface area contributed by atoms with Crippen LogP contribution in [0.25, 0.3) is 0 Å². The van der Waals surface area contributed by atoms with Gasteiger partial charge >= 0.3 is 5.97 Å². The zero-order valence-electron chi connectivity index (χ0n) is 13.9. The van der Waals surface area contributed by atoms with Crippen LogP contribution in [0, 0.1) is 19.7 Å². The Kier molecular flexibility index (Phi) is 5.43. The lowest BCUT2D eigenvalue weighted by atomic mass is 10.2. The number of carbonyl (C=O) groups is 1. The fourth-order valence-electron chi connectivity index (χ4n) is 2.27. The van der Waals surface area contributed by atoms with Crippen LogP contribution in [0.5, 0.6) is 0 Å². The van der Waals surface area contributed by atoms with Crippen molar-refractivity contribution < 1.29 is 27.4 Å². The monoisotopic (exact) mass is 371 g/mol. The Bertz CT molecular complexity index is 908. The van der Waals surface area contributed by atoms with Crippen molar-refractivity contribution in [2.45, 2.75) is 25.3 Å². The maximum atomic E-state index is 13.8. The van der Waals surface area contributed by atoms with E-state index in [9.17, 15) is 17.6 Å². The van der Waals surface area contributed by atoms with Gasteiger partial charge in [0.25, 0.3) is 10.0 Å². The van der Waals surface area contributed by atoms with Crippen molar-refractivity contribution in [2.75, 3.05) is 18.4 Å². The summed E-state index contributed by atoms with van der Waals surface area (Å²) in [6.45, 7) is 4.20. The van der Waals surface area contributed by atoms with E-state index in [2.05, 4.69) is 9.82 Å². The summed E-state index contributed by atoms with van der Waals surface area (Å²) in [4.78, 5) is 10.4. The van der Waals surface area contributed by atoms with Gasteiger partial charge in [-0.05, 0) is 32.0 Å². The molecule has 0 aliphatic heterocycles. The number of benzene rings is 1. The van der Waals surface area contributed by atoms with Crippen LogP contribution in [0.4, 0.5) is 10.1 Å². The van der Waals surface area contributed by atoms with E-state index in [0.717, 1.165) is 12.1 Å². The van der Waals surface area contributed by atoms with E-state index in [-0.39, 0.29) is 4.90 Å². The molecule has 0 bridgehead atoms. The number of nitrogens with zero attached hydrogens (tertiary/aromatic N) is 2. The van der Waals surface area contributed by atoms with E-state index in [0.29, 0.717) is 36.3 Å². The Morgan fingerprint density at radius 3 is 2.64 bits per heavy atom. The Balaban J connectivity index is 2.35. The lowest BCUT2D eigenvalue weighted by molar-refractivity contribution is 0.0691. The first-order valence-corrected chi connectivity index (χ1v) is 8.74. The number of aromatic nitrogens is 2. The van der Waals surface area contributed by atoms with Crippen LogP contribution in [0.2, 0.25) is 0 Å². The van der Waals surface area contributed by atoms with Crippen molar-refractivity contribution in [3.63, 3.8) is 0 Å². The molecule has 0 atom stereocenters. The molecule has 1 heterocycles. The topological polar surface area (TPSA) is 111 Å². The van der Waals surface area contributed by atoms with Gasteiger partial charge < -0.3 is 9.84 Å². The van der Waals surface area contributed by atoms with E-state index >= 15 is 0 Å². The number of rotatable bonds is 7. The number of nitrogens with one attached hydrogen (secondary N) is 1. The number of hydrogen-bond donors (Lipinski definition) is 2. The largest absolute Gasteiger partial charge is 0.478 e. The quantitative estimate of drug-likeness (QED) is 0.768. The Morgan fingerprint density at radius 2 is 2.08 bits per heavy atom. The van der Waals surface area contributed by atoms with Crippen LogP contribution >= 0.6 is 0 Å². The van der Waals surface area contributed by atoms with Crippen molar-refractivity contribution in [3.05, 3.63) is 41.0 Å². The molecule has 136 valence electrons. The predicted molar refractivity (Wildman–Crippen MR) is 87.7 cm³/mol. The number of anilines is 1. The van der Waals surface area contributed by atoms with Crippen molar-refractivity contribution in [3.8, 4) is 0 Å². The molecule has 0 saturated heterocycles. The zero-order chi connectivity index (χ0) is 18.8. The number of aryl methyl sites for hydroxylation is 1. The number of carboxylic acid groups (broad SMARTS) is 1. The highest BCUT2D eigenvalue weighted by atomic mass is 32.2. The lowest BCUT2D eigenvalue weighted by Crippen LogP contribution is -2.15. The van der Waals surface area contributed by atoms with Crippen LogP contribution in [0.3, 0.4) is 0 Å². The summed E-state index contributed by atoms with van der Waals surface area (Å²) >= 11 is 0. The second kappa shape index (κ2) is 7.19. The molecule has 2 N–H and O–H groups in total. The third kappa shape index (κ3) is 3.97. The Morgan fingerprint density at radius 1 is 1.40 bits per heavy atom. The number of carboxylic acids is 1. The van der Waals surface area contributed by atoms with E-state index in [1.54, 1.807) is 25.6 Å². The highest BCUT2D eigenvalue weighted by Crippen LogP contribution is 2.24. The minimum atomic E-state index is -4.10. The molecule has 1 aromatic heterocycles. The molecule has 0 amide bonds. The van der Waals surface area contributed by atoms with Gasteiger partial charge in [0.15, 0.2) is 0 Å². The fourth-order valence-corrected chi connectivity index (χ4v) is 3.46. The summed E-state index contributed by atoms with van der Waals surface area (Å²) in [6.07, 6.45) is 0. The summed E-state index contributed by atoms with van der Waals surface area (Å²) in [7, 11) is -2.55. The molecule has 2 rings (SSSR count). The average molecular weight is 371 g/mol. The number of aromatic carboxylic acids is 1. The molecular formula is C15H18FN3O5S. The Hall–Kier alpha value is -2.46. The van der Waals surface area contributed by atoms with Crippen LogP contribution in [-0.2, 0) is 21.3 Å². The maximum absolute atomic E-state index is 13.8. The smallest absolute Gasteiger partial charge is 0.338 e. The van der Waals surface area contributed by atoms with E-state index < -0.39 is 27.4 Å². The summed E-state index contributed by atoms with van der Waals surface area (Å²) in [5.74, 6) is -2.60. The van der Waals surface area contributed by atoms with Gasteiger partial charge in [-0.25, -0.2) is 17.6 Å². The molecule has 0 fully saturated rings.